The van der Waals surface area contributed by atoms with Gasteiger partial charge in [-0.2, -0.15) is 0 Å². The lowest BCUT2D eigenvalue weighted by molar-refractivity contribution is -0.113. The molecule has 0 fully saturated rings. The third-order valence-electron chi connectivity index (χ3n) is 2.94. The zero-order valence-corrected chi connectivity index (χ0v) is 14.8. The van der Waals surface area contributed by atoms with E-state index in [1.807, 2.05) is 25.5 Å². The Morgan fingerprint density at radius 1 is 1.36 bits per heavy atom. The molecule has 0 unspecified atom stereocenters. The summed E-state index contributed by atoms with van der Waals surface area (Å²) in [6.45, 7) is 4.10. The first-order chi connectivity index (χ1) is 10.4. The van der Waals surface area contributed by atoms with Gasteiger partial charge in [-0.05, 0) is 12.1 Å². The third-order valence-corrected chi connectivity index (χ3v) is 4.78. The summed E-state index contributed by atoms with van der Waals surface area (Å²) in [7, 11) is 1.89. The van der Waals surface area contributed by atoms with E-state index in [4.69, 9.17) is 23.2 Å². The monoisotopic (exact) mass is 358 g/mol. The summed E-state index contributed by atoms with van der Waals surface area (Å²) in [4.78, 5) is 12.0. The van der Waals surface area contributed by atoms with Crippen molar-refractivity contribution in [2.75, 3.05) is 11.1 Å². The van der Waals surface area contributed by atoms with Crippen molar-refractivity contribution in [1.29, 1.82) is 0 Å². The Morgan fingerprint density at radius 3 is 2.73 bits per heavy atom. The van der Waals surface area contributed by atoms with Crippen LogP contribution in [0.5, 0.6) is 0 Å². The Morgan fingerprint density at radius 2 is 2.09 bits per heavy atom. The molecule has 0 spiro atoms. The molecular weight excluding hydrogens is 343 g/mol. The quantitative estimate of drug-likeness (QED) is 0.821. The molecule has 1 heterocycles. The predicted octanol–water partition coefficient (Wildman–Crippen LogP) is 3.98. The summed E-state index contributed by atoms with van der Waals surface area (Å²) < 4.78 is 1.90. The number of amides is 1. The molecule has 0 atom stereocenters. The number of carbonyl (C=O) groups is 1. The SMILES string of the molecule is CC(C)c1nnc(SCC(=O)Nc2cccc(Cl)c2Cl)n1C. The van der Waals surface area contributed by atoms with Crippen LogP contribution in [0.1, 0.15) is 25.6 Å². The smallest absolute Gasteiger partial charge is 0.234 e. The molecule has 0 saturated heterocycles. The second-order valence-corrected chi connectivity index (χ2v) is 6.72. The van der Waals surface area contributed by atoms with Crippen LogP contribution in [0, 0.1) is 0 Å². The molecule has 5 nitrogen and oxygen atoms in total. The standard InChI is InChI=1S/C14H16Cl2N4OS/c1-8(2)13-18-19-14(20(13)3)22-7-11(21)17-10-6-4-5-9(15)12(10)16/h4-6,8H,7H2,1-3H3,(H,17,21). The summed E-state index contributed by atoms with van der Waals surface area (Å²) >= 11 is 13.3. The van der Waals surface area contributed by atoms with Gasteiger partial charge in [0.2, 0.25) is 5.91 Å². The van der Waals surface area contributed by atoms with E-state index in [1.165, 1.54) is 11.8 Å². The van der Waals surface area contributed by atoms with E-state index in [2.05, 4.69) is 15.5 Å². The van der Waals surface area contributed by atoms with Crippen LogP contribution in [0.25, 0.3) is 0 Å². The second kappa shape index (κ2) is 7.35. The van der Waals surface area contributed by atoms with Gasteiger partial charge in [-0.3, -0.25) is 4.79 Å². The molecule has 0 bridgehead atoms. The lowest BCUT2D eigenvalue weighted by Gasteiger charge is -2.08. The fourth-order valence-electron chi connectivity index (χ4n) is 1.87. The van der Waals surface area contributed by atoms with E-state index in [1.54, 1.807) is 18.2 Å². The highest BCUT2D eigenvalue weighted by molar-refractivity contribution is 7.99. The molecule has 0 radical (unpaired) electrons. The molecule has 2 rings (SSSR count). The van der Waals surface area contributed by atoms with Crippen LogP contribution in [0.2, 0.25) is 10.0 Å². The van der Waals surface area contributed by atoms with E-state index >= 15 is 0 Å². The first kappa shape index (κ1) is 17.1. The van der Waals surface area contributed by atoms with Crippen molar-refractivity contribution in [1.82, 2.24) is 14.8 Å². The molecule has 22 heavy (non-hydrogen) atoms. The molecule has 0 aliphatic rings. The number of aromatic nitrogens is 3. The van der Waals surface area contributed by atoms with Crippen molar-refractivity contribution < 1.29 is 4.79 Å². The van der Waals surface area contributed by atoms with E-state index in [0.717, 1.165) is 5.82 Å². The van der Waals surface area contributed by atoms with Crippen LogP contribution < -0.4 is 5.32 Å². The summed E-state index contributed by atoms with van der Waals surface area (Å²) in [5.74, 6) is 1.21. The molecule has 1 amide bonds. The molecule has 0 aliphatic carbocycles. The number of nitrogens with zero attached hydrogens (tertiary/aromatic N) is 3. The van der Waals surface area contributed by atoms with Gasteiger partial charge in [-0.25, -0.2) is 0 Å². The van der Waals surface area contributed by atoms with E-state index < -0.39 is 0 Å². The lowest BCUT2D eigenvalue weighted by atomic mass is 10.2. The topological polar surface area (TPSA) is 59.8 Å². The van der Waals surface area contributed by atoms with Gasteiger partial charge in [0, 0.05) is 13.0 Å². The summed E-state index contributed by atoms with van der Waals surface area (Å²) in [6.07, 6.45) is 0. The minimum absolute atomic E-state index is 0.178. The maximum absolute atomic E-state index is 12.0. The Bertz CT molecular complexity index is 687. The van der Waals surface area contributed by atoms with E-state index in [0.29, 0.717) is 20.9 Å². The number of hydrogen-bond acceptors (Lipinski definition) is 4. The average molecular weight is 359 g/mol. The van der Waals surface area contributed by atoms with Crippen LogP contribution in [-0.2, 0) is 11.8 Å². The van der Waals surface area contributed by atoms with Crippen molar-refractivity contribution in [2.24, 2.45) is 7.05 Å². The average Bonchev–Trinajstić information content (AvgIpc) is 2.83. The van der Waals surface area contributed by atoms with Crippen molar-refractivity contribution in [3.63, 3.8) is 0 Å². The summed E-state index contributed by atoms with van der Waals surface area (Å²) in [5.41, 5.74) is 0.501. The number of nitrogens with one attached hydrogen (secondary N) is 1. The van der Waals surface area contributed by atoms with E-state index in [9.17, 15) is 4.79 Å². The number of anilines is 1. The third kappa shape index (κ3) is 3.94. The van der Waals surface area contributed by atoms with Gasteiger partial charge in [-0.15, -0.1) is 10.2 Å². The highest BCUT2D eigenvalue weighted by atomic mass is 35.5. The van der Waals surface area contributed by atoms with Crippen LogP contribution >= 0.6 is 35.0 Å². The fourth-order valence-corrected chi connectivity index (χ4v) is 2.94. The normalized spacial score (nSPS) is 11.0. The molecular formula is C14H16Cl2N4OS. The van der Waals surface area contributed by atoms with Crippen molar-refractivity contribution in [2.45, 2.75) is 24.9 Å². The van der Waals surface area contributed by atoms with Gasteiger partial charge >= 0.3 is 0 Å². The number of benzene rings is 1. The van der Waals surface area contributed by atoms with E-state index in [-0.39, 0.29) is 17.6 Å². The first-order valence-corrected chi connectivity index (χ1v) is 8.40. The summed E-state index contributed by atoms with van der Waals surface area (Å²) in [6, 6.07) is 5.10. The molecule has 0 saturated carbocycles. The zero-order valence-electron chi connectivity index (χ0n) is 12.4. The maximum Gasteiger partial charge on any atom is 0.234 e. The number of rotatable bonds is 5. The Kier molecular flexibility index (Phi) is 5.72. The fraction of sp³-hybridized carbons (Fsp3) is 0.357. The molecule has 0 aliphatic heterocycles. The van der Waals surface area contributed by atoms with Gasteiger partial charge in [0.1, 0.15) is 5.82 Å². The highest BCUT2D eigenvalue weighted by Gasteiger charge is 2.14. The molecule has 1 N–H and O–H groups in total. The summed E-state index contributed by atoms with van der Waals surface area (Å²) in [5, 5.41) is 12.4. The number of thioether (sulfide) groups is 1. The molecule has 2 aromatic rings. The molecule has 8 heteroatoms. The predicted molar refractivity (Wildman–Crippen MR) is 90.9 cm³/mol. The van der Waals surface area contributed by atoms with Crippen molar-refractivity contribution >= 4 is 46.6 Å². The van der Waals surface area contributed by atoms with Gasteiger partial charge < -0.3 is 9.88 Å². The van der Waals surface area contributed by atoms with Gasteiger partial charge in [0.05, 0.1) is 21.5 Å². The Labute approximate surface area is 143 Å². The number of carbonyl (C=O) groups excluding carboxylic acids is 1. The minimum atomic E-state index is -0.178. The number of hydrogen-bond donors (Lipinski definition) is 1. The lowest BCUT2D eigenvalue weighted by Crippen LogP contribution is -2.15. The van der Waals surface area contributed by atoms with Gasteiger partial charge in [0.25, 0.3) is 0 Å². The van der Waals surface area contributed by atoms with Gasteiger partial charge in [-0.1, -0.05) is 54.9 Å². The minimum Gasteiger partial charge on any atom is -0.324 e. The Hall–Kier alpha value is -1.24. The van der Waals surface area contributed by atoms with Crippen LogP contribution in [0.4, 0.5) is 5.69 Å². The largest absolute Gasteiger partial charge is 0.324 e. The Balaban J connectivity index is 1.97. The molecule has 1 aromatic heterocycles. The maximum atomic E-state index is 12.0. The van der Waals surface area contributed by atoms with Crippen LogP contribution in [0.15, 0.2) is 23.4 Å². The van der Waals surface area contributed by atoms with Crippen LogP contribution in [-0.4, -0.2) is 26.4 Å². The van der Waals surface area contributed by atoms with Gasteiger partial charge in [0.15, 0.2) is 5.16 Å². The molecule has 118 valence electrons. The second-order valence-electron chi connectivity index (χ2n) is 4.99. The first-order valence-electron chi connectivity index (χ1n) is 6.66. The number of halogens is 2. The van der Waals surface area contributed by atoms with Crippen molar-refractivity contribution in [3.05, 3.63) is 34.1 Å². The van der Waals surface area contributed by atoms with Crippen molar-refractivity contribution in [3.8, 4) is 0 Å². The van der Waals surface area contributed by atoms with Crippen LogP contribution in [0.3, 0.4) is 0 Å². The zero-order chi connectivity index (χ0) is 16.3. The highest BCUT2D eigenvalue weighted by Crippen LogP contribution is 2.29. The molecule has 1 aromatic carbocycles.